The van der Waals surface area contributed by atoms with Crippen LogP contribution >= 0.6 is 0 Å². The number of carbonyl (C=O) groups is 1. The second kappa shape index (κ2) is 5.42. The van der Waals surface area contributed by atoms with Gasteiger partial charge in [0.05, 0.1) is 11.7 Å². The third kappa shape index (κ3) is 2.46. The molecule has 0 radical (unpaired) electrons. The summed E-state index contributed by atoms with van der Waals surface area (Å²) in [7, 11) is 0. The first-order chi connectivity index (χ1) is 11.0. The highest BCUT2D eigenvalue weighted by molar-refractivity contribution is 6.00. The molecule has 3 aromatic rings. The fraction of sp³-hybridized carbons (Fsp3) is 0.0625. The Hall–Kier alpha value is -3.40. The van der Waals surface area contributed by atoms with Crippen molar-refractivity contribution in [1.82, 2.24) is 9.55 Å². The lowest BCUT2D eigenvalue weighted by Crippen LogP contribution is -2.13. The normalized spacial score (nSPS) is 10.6. The van der Waals surface area contributed by atoms with Crippen molar-refractivity contribution in [2.45, 2.75) is 6.54 Å². The van der Waals surface area contributed by atoms with Crippen molar-refractivity contribution >= 4 is 16.8 Å². The minimum atomic E-state index is -0.860. The number of amides is 1. The molecule has 2 heterocycles. The number of carbonyl (C=O) groups excluding carboxylic acids is 1. The molecule has 0 atom stereocenters. The average molecular weight is 310 g/mol. The van der Waals surface area contributed by atoms with E-state index in [4.69, 9.17) is 5.73 Å². The van der Waals surface area contributed by atoms with E-state index in [9.17, 15) is 19.6 Å². The molecule has 6 nitrogen and oxygen atoms in total. The van der Waals surface area contributed by atoms with Gasteiger partial charge in [-0.2, -0.15) is 5.26 Å². The highest BCUT2D eigenvalue weighted by atomic mass is 19.1. The molecule has 23 heavy (non-hydrogen) atoms. The summed E-state index contributed by atoms with van der Waals surface area (Å²) in [4.78, 5) is 15.1. The third-order valence-electron chi connectivity index (χ3n) is 3.51. The number of nitrogens with two attached hydrogens (primary N) is 1. The van der Waals surface area contributed by atoms with Gasteiger partial charge in [-0.05, 0) is 23.8 Å². The zero-order chi connectivity index (χ0) is 16.6. The summed E-state index contributed by atoms with van der Waals surface area (Å²) in [6.07, 6.45) is 1.36. The van der Waals surface area contributed by atoms with E-state index in [-0.39, 0.29) is 29.5 Å². The Morgan fingerprint density at radius 3 is 2.87 bits per heavy atom. The Bertz CT molecular complexity index is 972. The lowest BCUT2D eigenvalue weighted by Gasteiger charge is -2.08. The van der Waals surface area contributed by atoms with Crippen LogP contribution in [-0.2, 0) is 6.54 Å². The van der Waals surface area contributed by atoms with Gasteiger partial charge in [0.2, 0.25) is 0 Å². The van der Waals surface area contributed by atoms with E-state index < -0.39 is 5.91 Å². The van der Waals surface area contributed by atoms with E-state index >= 15 is 0 Å². The van der Waals surface area contributed by atoms with Crippen molar-refractivity contribution in [3.05, 3.63) is 59.3 Å². The zero-order valence-electron chi connectivity index (χ0n) is 11.8. The maximum Gasteiger partial charge on any atom is 0.271 e. The van der Waals surface area contributed by atoms with E-state index in [1.807, 2.05) is 6.07 Å². The number of fused-ring (bicyclic) bond motifs is 1. The second-order valence-corrected chi connectivity index (χ2v) is 4.98. The average Bonchev–Trinajstić information content (AvgIpc) is 2.86. The number of rotatable bonds is 3. The molecule has 3 N–H and O–H groups in total. The van der Waals surface area contributed by atoms with Crippen molar-refractivity contribution in [2.24, 2.45) is 5.73 Å². The molecule has 7 heteroatoms. The lowest BCUT2D eigenvalue weighted by molar-refractivity contribution is 0.0993. The molecule has 0 aliphatic rings. The van der Waals surface area contributed by atoms with Gasteiger partial charge in [-0.25, -0.2) is 9.37 Å². The van der Waals surface area contributed by atoms with Crippen molar-refractivity contribution in [2.75, 3.05) is 0 Å². The fourth-order valence-electron chi connectivity index (χ4n) is 2.47. The number of hydrogen-bond acceptors (Lipinski definition) is 4. The number of halogens is 1. The second-order valence-electron chi connectivity index (χ2n) is 4.98. The summed E-state index contributed by atoms with van der Waals surface area (Å²) >= 11 is 0. The van der Waals surface area contributed by atoms with Gasteiger partial charge in [0.15, 0.2) is 11.4 Å². The van der Waals surface area contributed by atoms with Crippen LogP contribution in [-0.4, -0.2) is 20.6 Å². The molecule has 114 valence electrons. The maximum atomic E-state index is 13.3. The Morgan fingerprint density at radius 1 is 1.43 bits per heavy atom. The van der Waals surface area contributed by atoms with Crippen molar-refractivity contribution < 1.29 is 14.3 Å². The standard InChI is InChI=1S/C16H11FN4O2/c17-10-3-1-2-9(4-10)8-21-11(6-18)5-12-13(21)7-20-14(15(12)22)16(19)23/h1-5,7,22H,8H2,(H2,19,23). The number of nitriles is 1. The molecule has 0 aliphatic heterocycles. The van der Waals surface area contributed by atoms with Crippen LogP contribution in [0.5, 0.6) is 5.75 Å². The summed E-state index contributed by atoms with van der Waals surface area (Å²) in [5.74, 6) is -1.61. The molecule has 0 fully saturated rings. The molecule has 0 aliphatic carbocycles. The van der Waals surface area contributed by atoms with Crippen LogP contribution in [0.1, 0.15) is 21.7 Å². The molecule has 0 spiro atoms. The van der Waals surface area contributed by atoms with Crippen LogP contribution in [0.3, 0.4) is 0 Å². The van der Waals surface area contributed by atoms with Gasteiger partial charge in [0.25, 0.3) is 5.91 Å². The van der Waals surface area contributed by atoms with Crippen LogP contribution in [0.25, 0.3) is 10.9 Å². The summed E-state index contributed by atoms with van der Waals surface area (Å²) in [5, 5.41) is 19.7. The highest BCUT2D eigenvalue weighted by Gasteiger charge is 2.18. The fourth-order valence-corrected chi connectivity index (χ4v) is 2.47. The SMILES string of the molecule is N#Cc1cc2c(O)c(C(N)=O)ncc2n1Cc1cccc(F)c1. The monoisotopic (exact) mass is 310 g/mol. The molecule has 0 saturated heterocycles. The lowest BCUT2D eigenvalue weighted by atomic mass is 10.2. The number of aromatic hydroxyl groups is 1. The smallest absolute Gasteiger partial charge is 0.271 e. The summed E-state index contributed by atoms with van der Waals surface area (Å²) in [6.45, 7) is 0.223. The van der Waals surface area contributed by atoms with Crippen molar-refractivity contribution in [1.29, 1.82) is 5.26 Å². The summed E-state index contributed by atoms with van der Waals surface area (Å²) in [5.41, 5.74) is 6.24. The molecule has 0 saturated carbocycles. The third-order valence-corrected chi connectivity index (χ3v) is 3.51. The molecule has 0 bridgehead atoms. The first-order valence-electron chi connectivity index (χ1n) is 6.67. The Labute approximate surface area is 130 Å². The van der Waals surface area contributed by atoms with E-state index in [0.29, 0.717) is 16.5 Å². The highest BCUT2D eigenvalue weighted by Crippen LogP contribution is 2.30. The number of pyridine rings is 1. The predicted octanol–water partition coefficient (Wildman–Crippen LogP) is 1.90. The molecule has 2 aromatic heterocycles. The topological polar surface area (TPSA) is 105 Å². The molecule has 3 rings (SSSR count). The van der Waals surface area contributed by atoms with Crippen LogP contribution in [0.2, 0.25) is 0 Å². The van der Waals surface area contributed by atoms with Gasteiger partial charge < -0.3 is 15.4 Å². The Kier molecular flexibility index (Phi) is 3.43. The Balaban J connectivity index is 2.18. The van der Waals surface area contributed by atoms with E-state index in [0.717, 1.165) is 0 Å². The summed E-state index contributed by atoms with van der Waals surface area (Å²) < 4.78 is 14.9. The molecule has 1 amide bonds. The van der Waals surface area contributed by atoms with Crippen molar-refractivity contribution in [3.8, 4) is 11.8 Å². The number of benzene rings is 1. The molecule has 0 unspecified atom stereocenters. The first kappa shape index (κ1) is 14.5. The minimum absolute atomic E-state index is 0.223. The number of hydrogen-bond donors (Lipinski definition) is 2. The van der Waals surface area contributed by atoms with Gasteiger partial charge in [0, 0.05) is 11.9 Å². The van der Waals surface area contributed by atoms with Gasteiger partial charge in [-0.15, -0.1) is 0 Å². The maximum absolute atomic E-state index is 13.3. The van der Waals surface area contributed by atoms with E-state index in [2.05, 4.69) is 4.98 Å². The Morgan fingerprint density at radius 2 is 2.22 bits per heavy atom. The number of aromatic nitrogens is 2. The van der Waals surface area contributed by atoms with E-state index in [1.54, 1.807) is 16.7 Å². The van der Waals surface area contributed by atoms with E-state index in [1.165, 1.54) is 24.4 Å². The van der Waals surface area contributed by atoms with Crippen molar-refractivity contribution in [3.63, 3.8) is 0 Å². The zero-order valence-corrected chi connectivity index (χ0v) is 11.8. The van der Waals surface area contributed by atoms with Crippen LogP contribution in [0, 0.1) is 17.1 Å². The van der Waals surface area contributed by atoms with Crippen LogP contribution < -0.4 is 5.73 Å². The summed E-state index contributed by atoms with van der Waals surface area (Å²) in [6, 6.07) is 9.44. The predicted molar refractivity (Wildman–Crippen MR) is 80.1 cm³/mol. The molecule has 1 aromatic carbocycles. The largest absolute Gasteiger partial charge is 0.505 e. The first-order valence-corrected chi connectivity index (χ1v) is 6.67. The van der Waals surface area contributed by atoms with Crippen LogP contribution in [0.15, 0.2) is 36.5 Å². The van der Waals surface area contributed by atoms with Crippen LogP contribution in [0.4, 0.5) is 4.39 Å². The van der Waals surface area contributed by atoms with Gasteiger partial charge in [0.1, 0.15) is 17.6 Å². The quantitative estimate of drug-likeness (QED) is 0.770. The minimum Gasteiger partial charge on any atom is -0.505 e. The van der Waals surface area contributed by atoms with Gasteiger partial charge >= 0.3 is 0 Å². The molecular formula is C16H11FN4O2. The number of nitrogens with zero attached hydrogens (tertiary/aromatic N) is 3. The van der Waals surface area contributed by atoms with Gasteiger partial charge in [-0.3, -0.25) is 4.79 Å². The molecular weight excluding hydrogens is 299 g/mol. The van der Waals surface area contributed by atoms with Gasteiger partial charge in [-0.1, -0.05) is 12.1 Å². The number of primary amides is 1.